The van der Waals surface area contributed by atoms with E-state index in [1.54, 1.807) is 12.3 Å². The first kappa shape index (κ1) is 30.6. The number of pyridine rings is 1. The first-order valence-electron chi connectivity index (χ1n) is 15.3. The number of carbonyl (C=O) groups excluding carboxylic acids is 3. The summed E-state index contributed by atoms with van der Waals surface area (Å²) >= 11 is 0. The van der Waals surface area contributed by atoms with Crippen LogP contribution in [-0.4, -0.2) is 46.1 Å². The number of ketones is 1. The monoisotopic (exact) mass is 608 g/mol. The standard InChI is InChI=1S/C39H36N4O3/c1-38(2)36(35(45)26-44)43(27-42(38)25-28-22-23-41-34(24-28)37(40)46)33-20-18-32(19-21-33)39(29-12-6-3-7-13-29,30-14-8-4-9-15-30)31-16-10-5-11-17-31/h3-24,26,36H,25,27H2,1-2H3,(H2,40,46). The zero-order chi connectivity index (χ0) is 32.3. The number of hydrogen-bond donors (Lipinski definition) is 1. The van der Waals surface area contributed by atoms with E-state index in [0.29, 0.717) is 19.5 Å². The van der Waals surface area contributed by atoms with Crippen molar-refractivity contribution in [2.45, 2.75) is 37.4 Å². The molecule has 1 unspecified atom stereocenters. The molecule has 0 saturated carbocycles. The third-order valence-electron chi connectivity index (χ3n) is 9.21. The fourth-order valence-electron chi connectivity index (χ4n) is 6.95. The van der Waals surface area contributed by atoms with Crippen molar-refractivity contribution in [3.8, 4) is 0 Å². The predicted octanol–water partition coefficient (Wildman–Crippen LogP) is 5.76. The number of hydrogen-bond acceptors (Lipinski definition) is 6. The van der Waals surface area contributed by atoms with Gasteiger partial charge in [-0.15, -0.1) is 0 Å². The maximum atomic E-state index is 13.2. The van der Waals surface area contributed by atoms with Gasteiger partial charge in [-0.2, -0.15) is 0 Å². The number of rotatable bonds is 10. The number of primary amides is 1. The Morgan fingerprint density at radius 1 is 0.804 bits per heavy atom. The van der Waals surface area contributed by atoms with Gasteiger partial charge in [0, 0.05) is 24.0 Å². The summed E-state index contributed by atoms with van der Waals surface area (Å²) in [6.07, 6.45) is 1.97. The van der Waals surface area contributed by atoms with Crippen LogP contribution >= 0.6 is 0 Å². The van der Waals surface area contributed by atoms with Gasteiger partial charge < -0.3 is 10.6 Å². The highest BCUT2D eigenvalue weighted by molar-refractivity contribution is 6.28. The van der Waals surface area contributed by atoms with Crippen molar-refractivity contribution in [3.05, 3.63) is 167 Å². The molecule has 2 N–H and O–H groups in total. The summed E-state index contributed by atoms with van der Waals surface area (Å²) in [7, 11) is 0. The van der Waals surface area contributed by atoms with Gasteiger partial charge in [-0.3, -0.25) is 24.3 Å². The SMILES string of the molecule is CC1(C)C(C(=O)C=O)N(c2ccc(C(c3ccccc3)(c3ccccc3)c3ccccc3)cc2)CN1Cc1ccnc(C(N)=O)c1. The summed E-state index contributed by atoms with van der Waals surface area (Å²) in [5.74, 6) is -1.09. The van der Waals surface area contributed by atoms with Crippen molar-refractivity contribution in [1.29, 1.82) is 0 Å². The smallest absolute Gasteiger partial charge is 0.267 e. The summed E-state index contributed by atoms with van der Waals surface area (Å²) in [4.78, 5) is 45.1. The highest BCUT2D eigenvalue weighted by Gasteiger charge is 2.50. The fraction of sp³-hybridized carbons (Fsp3) is 0.179. The van der Waals surface area contributed by atoms with E-state index >= 15 is 0 Å². The second kappa shape index (κ2) is 12.5. The van der Waals surface area contributed by atoms with E-state index < -0.39 is 28.7 Å². The molecule has 230 valence electrons. The summed E-state index contributed by atoms with van der Waals surface area (Å²) in [6.45, 7) is 4.77. The maximum absolute atomic E-state index is 13.2. The average Bonchev–Trinajstić information content (AvgIpc) is 3.35. The number of carbonyl (C=O) groups is 3. The van der Waals surface area contributed by atoms with Gasteiger partial charge in [0.15, 0.2) is 6.29 Å². The molecule has 1 saturated heterocycles. The molecule has 0 aliphatic carbocycles. The normalized spacial score (nSPS) is 16.2. The van der Waals surface area contributed by atoms with Crippen LogP contribution in [0, 0.1) is 0 Å². The van der Waals surface area contributed by atoms with Crippen molar-refractivity contribution >= 4 is 23.7 Å². The van der Waals surface area contributed by atoms with Gasteiger partial charge in [-0.25, -0.2) is 0 Å². The average molecular weight is 609 g/mol. The molecule has 4 aromatic carbocycles. The molecular formula is C39H36N4O3. The van der Waals surface area contributed by atoms with Gasteiger partial charge in [-0.1, -0.05) is 103 Å². The Hall–Kier alpha value is -5.40. The van der Waals surface area contributed by atoms with E-state index in [-0.39, 0.29) is 5.69 Å². The number of benzene rings is 4. The zero-order valence-electron chi connectivity index (χ0n) is 25.9. The van der Waals surface area contributed by atoms with Crippen molar-refractivity contribution in [1.82, 2.24) is 9.88 Å². The largest absolute Gasteiger partial charge is 0.364 e. The molecule has 7 nitrogen and oxygen atoms in total. The van der Waals surface area contributed by atoms with Crippen molar-refractivity contribution in [3.63, 3.8) is 0 Å². The minimum absolute atomic E-state index is 0.182. The van der Waals surface area contributed by atoms with Crippen LogP contribution in [0.1, 0.15) is 52.2 Å². The Bertz CT molecular complexity index is 1740. The summed E-state index contributed by atoms with van der Waals surface area (Å²) in [5, 5.41) is 0. The lowest BCUT2D eigenvalue weighted by Gasteiger charge is -2.37. The minimum atomic E-state index is -0.713. The second-order valence-electron chi connectivity index (χ2n) is 12.2. The lowest BCUT2D eigenvalue weighted by molar-refractivity contribution is -0.131. The molecule has 0 spiro atoms. The van der Waals surface area contributed by atoms with Gasteiger partial charge in [0.05, 0.1) is 12.1 Å². The molecule has 6 rings (SSSR count). The molecular weight excluding hydrogens is 572 g/mol. The van der Waals surface area contributed by atoms with Crippen LogP contribution in [0.25, 0.3) is 0 Å². The second-order valence-corrected chi connectivity index (χ2v) is 12.2. The minimum Gasteiger partial charge on any atom is -0.364 e. The van der Waals surface area contributed by atoms with Gasteiger partial charge in [0.25, 0.3) is 5.91 Å². The van der Waals surface area contributed by atoms with E-state index in [2.05, 4.69) is 94.8 Å². The van der Waals surface area contributed by atoms with Gasteiger partial charge in [-0.05, 0) is 65.9 Å². The van der Waals surface area contributed by atoms with Crippen LogP contribution in [0.4, 0.5) is 5.69 Å². The summed E-state index contributed by atoms with van der Waals surface area (Å²) < 4.78 is 0. The van der Waals surface area contributed by atoms with E-state index in [9.17, 15) is 14.4 Å². The van der Waals surface area contributed by atoms with E-state index in [4.69, 9.17) is 5.73 Å². The molecule has 46 heavy (non-hydrogen) atoms. The molecule has 0 radical (unpaired) electrons. The number of Topliss-reactive ketones (excluding diaryl/α,β-unsaturated/α-hetero) is 1. The van der Waals surface area contributed by atoms with E-state index in [0.717, 1.165) is 33.5 Å². The van der Waals surface area contributed by atoms with Gasteiger partial charge in [0.1, 0.15) is 11.7 Å². The van der Waals surface area contributed by atoms with Crippen molar-refractivity contribution in [2.24, 2.45) is 5.73 Å². The summed E-state index contributed by atoms with van der Waals surface area (Å²) in [6, 6.07) is 42.6. The molecule has 7 heteroatoms. The molecule has 5 aromatic rings. The van der Waals surface area contributed by atoms with Gasteiger partial charge in [0.2, 0.25) is 5.78 Å². The number of aromatic nitrogens is 1. The van der Waals surface area contributed by atoms with Crippen LogP contribution in [0.3, 0.4) is 0 Å². The molecule has 1 aliphatic rings. The Labute approximate surface area is 269 Å². The Morgan fingerprint density at radius 3 is 1.78 bits per heavy atom. The predicted molar refractivity (Wildman–Crippen MR) is 179 cm³/mol. The number of amides is 1. The lowest BCUT2D eigenvalue weighted by atomic mass is 9.65. The third-order valence-corrected chi connectivity index (χ3v) is 9.21. The molecule has 1 atom stereocenters. The topological polar surface area (TPSA) is 96.6 Å². The Morgan fingerprint density at radius 2 is 1.30 bits per heavy atom. The van der Waals surface area contributed by atoms with Crippen LogP contribution in [0.5, 0.6) is 0 Å². The number of aldehydes is 1. The molecule has 0 bridgehead atoms. The molecule has 1 aromatic heterocycles. The van der Waals surface area contributed by atoms with Crippen molar-refractivity contribution in [2.75, 3.05) is 11.6 Å². The van der Waals surface area contributed by atoms with E-state index in [1.165, 1.54) is 0 Å². The third kappa shape index (κ3) is 5.39. The van der Waals surface area contributed by atoms with Crippen LogP contribution in [0.2, 0.25) is 0 Å². The van der Waals surface area contributed by atoms with Crippen LogP contribution in [-0.2, 0) is 21.5 Å². The number of anilines is 1. The molecule has 1 amide bonds. The highest BCUT2D eigenvalue weighted by Crippen LogP contribution is 2.46. The Balaban J connectivity index is 1.44. The van der Waals surface area contributed by atoms with Crippen LogP contribution < -0.4 is 10.6 Å². The zero-order valence-corrected chi connectivity index (χ0v) is 25.9. The van der Waals surface area contributed by atoms with Gasteiger partial charge >= 0.3 is 0 Å². The molecule has 2 heterocycles. The Kier molecular flexibility index (Phi) is 8.35. The summed E-state index contributed by atoms with van der Waals surface area (Å²) in [5.41, 5.74) is 10.5. The first-order chi connectivity index (χ1) is 22.3. The van der Waals surface area contributed by atoms with Crippen molar-refractivity contribution < 1.29 is 14.4 Å². The number of nitrogens with zero attached hydrogens (tertiary/aromatic N) is 3. The van der Waals surface area contributed by atoms with E-state index in [1.807, 2.05) is 55.1 Å². The lowest BCUT2D eigenvalue weighted by Crippen LogP contribution is -2.51. The molecule has 1 fully saturated rings. The molecule has 1 aliphatic heterocycles. The van der Waals surface area contributed by atoms with Crippen LogP contribution in [0.15, 0.2) is 134 Å². The maximum Gasteiger partial charge on any atom is 0.267 e. The first-order valence-corrected chi connectivity index (χ1v) is 15.3. The fourth-order valence-corrected chi connectivity index (χ4v) is 6.95. The highest BCUT2D eigenvalue weighted by atomic mass is 16.2. The quantitative estimate of drug-likeness (QED) is 0.123. The number of nitrogens with two attached hydrogens (primary N) is 1.